The molecule has 17 nitrogen and oxygen atoms in total. The van der Waals surface area contributed by atoms with E-state index >= 15 is 0 Å². The standard InChI is InChI=1S/C60H67N3O14S/c1-4-55(64)71-33-9-32-63(60-62-52-12-7-8-13-54(52)78-60)61-39-46-38-51(74-40-42-14-18-44(19-15-42)58(67)76-49-26-22-47(23-27-49)69-34-10-36-72-56(65)5-2)30-31-53(46)75-41-43-16-20-45(21-17-43)59(68)77-50-28-24-48(25-29-50)70-35-11-37-73-57(66)6-3/h4-8,12-13,22-31,38-39,42-45H,1-3,9-11,14-21,32-37,40-41H2/b61-39+. The molecule has 2 saturated carbocycles. The quantitative estimate of drug-likeness (QED) is 0.00800. The Balaban J connectivity index is 0.930. The van der Waals surface area contributed by atoms with Gasteiger partial charge in [0.1, 0.15) is 34.5 Å². The maximum absolute atomic E-state index is 13.2. The lowest BCUT2D eigenvalue weighted by Crippen LogP contribution is -2.28. The van der Waals surface area contributed by atoms with Gasteiger partial charge in [0, 0.05) is 49.6 Å². The highest BCUT2D eigenvalue weighted by Crippen LogP contribution is 2.35. The summed E-state index contributed by atoms with van der Waals surface area (Å²) in [6, 6.07) is 27.3. The summed E-state index contributed by atoms with van der Waals surface area (Å²) in [5.41, 5.74) is 1.54. The van der Waals surface area contributed by atoms with Gasteiger partial charge in [-0.15, -0.1) is 0 Å². The van der Waals surface area contributed by atoms with Crippen molar-refractivity contribution >= 4 is 62.7 Å². The smallest absolute Gasteiger partial charge is 0.330 e. The third-order valence-electron chi connectivity index (χ3n) is 13.1. The van der Waals surface area contributed by atoms with Crippen LogP contribution in [0.3, 0.4) is 0 Å². The van der Waals surface area contributed by atoms with Crippen molar-refractivity contribution in [1.82, 2.24) is 4.98 Å². The molecule has 18 heteroatoms. The highest BCUT2D eigenvalue weighted by atomic mass is 32.1. The highest BCUT2D eigenvalue weighted by Gasteiger charge is 2.30. The number of hydrogen-bond acceptors (Lipinski definition) is 18. The van der Waals surface area contributed by atoms with Gasteiger partial charge in [-0.1, -0.05) is 43.2 Å². The maximum atomic E-state index is 13.2. The molecule has 0 N–H and O–H groups in total. The number of hydrogen-bond donors (Lipinski definition) is 0. The van der Waals surface area contributed by atoms with E-state index in [4.69, 9.17) is 52.7 Å². The van der Waals surface area contributed by atoms with Crippen molar-refractivity contribution in [3.05, 3.63) is 135 Å². The molecule has 1 heterocycles. The van der Waals surface area contributed by atoms with E-state index < -0.39 is 17.9 Å². The van der Waals surface area contributed by atoms with Gasteiger partial charge in [0.2, 0.25) is 5.13 Å². The molecule has 4 aromatic carbocycles. The van der Waals surface area contributed by atoms with Crippen LogP contribution in [0.25, 0.3) is 10.2 Å². The van der Waals surface area contributed by atoms with Crippen molar-refractivity contribution in [3.8, 4) is 34.5 Å². The average Bonchev–Trinajstić information content (AvgIpc) is 3.91. The molecule has 2 fully saturated rings. The lowest BCUT2D eigenvalue weighted by Gasteiger charge is -2.28. The molecule has 1 aromatic heterocycles. The minimum atomic E-state index is -0.494. The summed E-state index contributed by atoms with van der Waals surface area (Å²) >= 11 is 1.51. The van der Waals surface area contributed by atoms with Crippen LogP contribution < -0.4 is 33.4 Å². The predicted octanol–water partition coefficient (Wildman–Crippen LogP) is 10.8. The number of carbonyl (C=O) groups is 5. The van der Waals surface area contributed by atoms with Gasteiger partial charge >= 0.3 is 29.8 Å². The molecule has 0 radical (unpaired) electrons. The number of carbonyl (C=O) groups excluding carboxylic acids is 5. The normalized spacial score (nSPS) is 17.0. The van der Waals surface area contributed by atoms with Crippen molar-refractivity contribution < 1.29 is 66.6 Å². The Morgan fingerprint density at radius 1 is 0.551 bits per heavy atom. The first-order valence-electron chi connectivity index (χ1n) is 26.4. The van der Waals surface area contributed by atoms with Crippen LogP contribution in [-0.4, -0.2) is 93.8 Å². The Labute approximate surface area is 458 Å². The van der Waals surface area contributed by atoms with Crippen molar-refractivity contribution in [1.29, 1.82) is 0 Å². The Morgan fingerprint density at radius 3 is 1.54 bits per heavy atom. The second kappa shape index (κ2) is 30.7. The highest BCUT2D eigenvalue weighted by molar-refractivity contribution is 7.22. The van der Waals surface area contributed by atoms with Gasteiger partial charge in [-0.25, -0.2) is 24.4 Å². The number of esters is 5. The summed E-state index contributed by atoms with van der Waals surface area (Å²) in [6.45, 7) is 12.9. The molecule has 0 atom stereocenters. The molecular weight excluding hydrogens is 1020 g/mol. The number of thiazole rings is 1. The number of aromatic nitrogens is 1. The van der Waals surface area contributed by atoms with Crippen molar-refractivity contribution in [2.24, 2.45) is 28.8 Å². The summed E-state index contributed by atoms with van der Waals surface area (Å²) in [5, 5.41) is 7.42. The molecule has 2 aliphatic carbocycles. The van der Waals surface area contributed by atoms with Crippen molar-refractivity contribution in [2.75, 3.05) is 57.8 Å². The van der Waals surface area contributed by atoms with E-state index in [-0.39, 0.29) is 55.4 Å². The second-order valence-electron chi connectivity index (χ2n) is 18.7. The number of anilines is 1. The van der Waals surface area contributed by atoms with Crippen molar-refractivity contribution in [2.45, 2.75) is 70.6 Å². The fraction of sp³-hybridized carbons (Fsp3) is 0.383. The van der Waals surface area contributed by atoms with E-state index in [2.05, 4.69) is 19.7 Å². The SMILES string of the molecule is C=CC(=O)OCCCOc1ccc(OC(=O)C2CCC(COc3ccc(OCC4CCC(C(=O)Oc5ccc(OCCCOC(=O)C=C)cc5)CC4)c(/C=N/N(CCCOC(=O)C=C)c4nc5ccccc5s4)c3)CC2)cc1. The van der Waals surface area contributed by atoms with E-state index in [0.29, 0.717) is 123 Å². The van der Waals surface area contributed by atoms with Gasteiger partial charge < -0.3 is 42.6 Å². The Kier molecular flexibility index (Phi) is 22.7. The average molecular weight is 1090 g/mol. The first kappa shape index (κ1) is 57.7. The van der Waals surface area contributed by atoms with Gasteiger partial charge in [-0.05, 0) is 142 Å². The lowest BCUT2D eigenvalue weighted by molar-refractivity contribution is -0.141. The maximum Gasteiger partial charge on any atom is 0.330 e. The molecule has 412 valence electrons. The number of hydrazone groups is 1. The number of nitrogens with zero attached hydrogens (tertiary/aromatic N) is 3. The van der Waals surface area contributed by atoms with Gasteiger partial charge in [0.05, 0.1) is 74.5 Å². The summed E-state index contributed by atoms with van der Waals surface area (Å²) < 4.78 is 52.1. The van der Waals surface area contributed by atoms with Crippen LogP contribution >= 0.6 is 11.3 Å². The summed E-state index contributed by atoms with van der Waals surface area (Å²) in [4.78, 5) is 65.5. The lowest BCUT2D eigenvalue weighted by atomic mass is 9.82. The molecular formula is C60H67N3O14S. The first-order chi connectivity index (χ1) is 38.0. The topological polar surface area (TPSA) is 197 Å². The van der Waals surface area contributed by atoms with Crippen LogP contribution in [0.15, 0.2) is 134 Å². The third kappa shape index (κ3) is 18.6. The summed E-state index contributed by atoms with van der Waals surface area (Å²) in [7, 11) is 0. The molecule has 2 aliphatic rings. The van der Waals surface area contributed by atoms with Crippen LogP contribution in [0.2, 0.25) is 0 Å². The number of ether oxygens (including phenoxy) is 9. The molecule has 0 unspecified atom stereocenters. The van der Waals surface area contributed by atoms with E-state index in [1.54, 1.807) is 59.8 Å². The fourth-order valence-electron chi connectivity index (χ4n) is 8.72. The van der Waals surface area contributed by atoms with Crippen LogP contribution in [-0.2, 0) is 38.2 Å². The predicted molar refractivity (Wildman–Crippen MR) is 295 cm³/mol. The zero-order valence-corrected chi connectivity index (χ0v) is 44.6. The fourth-order valence-corrected chi connectivity index (χ4v) is 9.67. The molecule has 7 rings (SSSR count). The minimum absolute atomic E-state index is 0.177. The van der Waals surface area contributed by atoms with Crippen LogP contribution in [0.1, 0.15) is 76.2 Å². The molecule has 0 saturated heterocycles. The number of para-hydroxylation sites is 1. The Bertz CT molecular complexity index is 2780. The zero-order chi connectivity index (χ0) is 54.9. The van der Waals surface area contributed by atoms with Crippen LogP contribution in [0.5, 0.6) is 34.5 Å². The van der Waals surface area contributed by atoms with Gasteiger partial charge in [0.15, 0.2) is 0 Å². The second-order valence-corrected chi connectivity index (χ2v) is 19.8. The molecule has 5 aromatic rings. The number of benzene rings is 4. The van der Waals surface area contributed by atoms with E-state index in [1.165, 1.54) is 11.3 Å². The largest absolute Gasteiger partial charge is 0.493 e. The molecule has 0 bridgehead atoms. The van der Waals surface area contributed by atoms with Crippen LogP contribution in [0, 0.1) is 23.7 Å². The van der Waals surface area contributed by atoms with E-state index in [9.17, 15) is 24.0 Å². The van der Waals surface area contributed by atoms with Crippen LogP contribution in [0.4, 0.5) is 5.13 Å². The third-order valence-corrected chi connectivity index (χ3v) is 14.1. The molecule has 0 spiro atoms. The number of fused-ring (bicyclic) bond motifs is 1. The summed E-state index contributed by atoms with van der Waals surface area (Å²) in [6.07, 6.45) is 12.5. The Hall–Kier alpha value is -7.99. The molecule has 0 amide bonds. The zero-order valence-electron chi connectivity index (χ0n) is 43.8. The van der Waals surface area contributed by atoms with E-state index in [1.807, 2.05) is 42.5 Å². The first-order valence-corrected chi connectivity index (χ1v) is 27.2. The minimum Gasteiger partial charge on any atom is -0.493 e. The van der Waals surface area contributed by atoms with Gasteiger partial charge in [0.25, 0.3) is 0 Å². The molecule has 0 aliphatic heterocycles. The summed E-state index contributed by atoms with van der Waals surface area (Å²) in [5.74, 6) is 1.38. The van der Waals surface area contributed by atoms with Crippen molar-refractivity contribution in [3.63, 3.8) is 0 Å². The Morgan fingerprint density at radius 2 is 1.03 bits per heavy atom. The van der Waals surface area contributed by atoms with Gasteiger partial charge in [-0.3, -0.25) is 9.59 Å². The number of rotatable bonds is 30. The monoisotopic (exact) mass is 1090 g/mol. The van der Waals surface area contributed by atoms with Gasteiger partial charge in [-0.2, -0.15) is 5.10 Å². The molecule has 78 heavy (non-hydrogen) atoms. The van der Waals surface area contributed by atoms with E-state index in [0.717, 1.165) is 54.1 Å².